The lowest BCUT2D eigenvalue weighted by Gasteiger charge is -2.11. The number of nitrogens with zero attached hydrogens (tertiary/aromatic N) is 4. The van der Waals surface area contributed by atoms with Gasteiger partial charge in [-0.3, -0.25) is 0 Å². The summed E-state index contributed by atoms with van der Waals surface area (Å²) in [5.41, 5.74) is 7.60. The normalized spacial score (nSPS) is 11.4. The second-order valence-electron chi connectivity index (χ2n) is 11.5. The van der Waals surface area contributed by atoms with Gasteiger partial charge in [-0.25, -0.2) is 19.9 Å². The van der Waals surface area contributed by atoms with Crippen LogP contribution in [0, 0.1) is 0 Å². The van der Waals surface area contributed by atoms with Gasteiger partial charge in [0.15, 0.2) is 23.1 Å². The molecule has 0 bridgehead atoms. The molecule has 0 saturated carbocycles. The smallest absolute Gasteiger partial charge is 0.227 e. The fourth-order valence-electron chi connectivity index (χ4n) is 6.20. The Labute approximate surface area is 270 Å². The third-order valence-corrected chi connectivity index (χ3v) is 8.53. The van der Waals surface area contributed by atoms with E-state index in [1.54, 1.807) is 0 Å². The van der Waals surface area contributed by atoms with Crippen molar-refractivity contribution < 1.29 is 4.42 Å². The summed E-state index contributed by atoms with van der Waals surface area (Å²) in [6.45, 7) is 0. The summed E-state index contributed by atoms with van der Waals surface area (Å²) in [7, 11) is 0. The first kappa shape index (κ1) is 26.9. The molecular weight excluding hydrogens is 576 g/mol. The molecule has 2 aromatic heterocycles. The molecule has 47 heavy (non-hydrogen) atoms. The van der Waals surface area contributed by atoms with E-state index in [2.05, 4.69) is 84.9 Å². The van der Waals surface area contributed by atoms with Gasteiger partial charge in [-0.05, 0) is 57.6 Å². The van der Waals surface area contributed by atoms with Crippen molar-refractivity contribution in [3.05, 3.63) is 158 Å². The molecule has 0 saturated heterocycles. The number of benzene rings is 7. The Hall–Kier alpha value is -6.46. The summed E-state index contributed by atoms with van der Waals surface area (Å²) >= 11 is 0. The Morgan fingerprint density at radius 3 is 1.64 bits per heavy atom. The lowest BCUT2D eigenvalue weighted by atomic mass is 9.99. The van der Waals surface area contributed by atoms with Crippen LogP contribution in [0.4, 0.5) is 0 Å². The van der Waals surface area contributed by atoms with Gasteiger partial charge in [0.1, 0.15) is 5.52 Å². The molecule has 0 aliphatic carbocycles. The molecule has 0 aliphatic rings. The van der Waals surface area contributed by atoms with E-state index >= 15 is 0 Å². The zero-order valence-electron chi connectivity index (χ0n) is 25.2. The second-order valence-corrected chi connectivity index (χ2v) is 11.5. The van der Waals surface area contributed by atoms with Crippen molar-refractivity contribution in [2.24, 2.45) is 0 Å². The third-order valence-electron chi connectivity index (χ3n) is 8.53. The van der Waals surface area contributed by atoms with Gasteiger partial charge in [0.05, 0.1) is 0 Å². The van der Waals surface area contributed by atoms with Gasteiger partial charge in [0.25, 0.3) is 0 Å². The largest absolute Gasteiger partial charge is 0.436 e. The van der Waals surface area contributed by atoms with E-state index in [0.29, 0.717) is 23.4 Å². The average Bonchev–Trinajstić information content (AvgIpc) is 3.60. The molecule has 5 nitrogen and oxygen atoms in total. The first-order valence-corrected chi connectivity index (χ1v) is 15.6. The van der Waals surface area contributed by atoms with Crippen LogP contribution in [0.25, 0.3) is 89.4 Å². The molecule has 0 N–H and O–H groups in total. The Bertz CT molecular complexity index is 2560. The van der Waals surface area contributed by atoms with Crippen molar-refractivity contribution in [1.82, 2.24) is 19.9 Å². The Morgan fingerprint density at radius 2 is 0.915 bits per heavy atom. The minimum atomic E-state index is 0.615. The second kappa shape index (κ2) is 11.2. The summed E-state index contributed by atoms with van der Waals surface area (Å²) in [6.07, 6.45) is 0. The van der Waals surface area contributed by atoms with E-state index in [0.717, 1.165) is 66.0 Å². The van der Waals surface area contributed by atoms with Crippen LogP contribution >= 0.6 is 0 Å². The molecule has 9 rings (SSSR count). The van der Waals surface area contributed by atoms with Gasteiger partial charge < -0.3 is 4.42 Å². The predicted octanol–water partition coefficient (Wildman–Crippen LogP) is 10.7. The zero-order chi connectivity index (χ0) is 31.2. The summed E-state index contributed by atoms with van der Waals surface area (Å²) in [4.78, 5) is 19.9. The van der Waals surface area contributed by atoms with Crippen LogP contribution in [0.5, 0.6) is 0 Å². The topological polar surface area (TPSA) is 64.7 Å². The number of fused-ring (bicyclic) bond motifs is 5. The van der Waals surface area contributed by atoms with Crippen LogP contribution in [0.1, 0.15) is 0 Å². The fourth-order valence-corrected chi connectivity index (χ4v) is 6.20. The highest BCUT2D eigenvalue weighted by Crippen LogP contribution is 2.36. The van der Waals surface area contributed by atoms with E-state index in [1.165, 1.54) is 0 Å². The number of oxazole rings is 1. The summed E-state index contributed by atoms with van der Waals surface area (Å²) < 4.78 is 6.21. The highest BCUT2D eigenvalue weighted by atomic mass is 16.3. The van der Waals surface area contributed by atoms with E-state index in [9.17, 15) is 0 Å². The summed E-state index contributed by atoms with van der Waals surface area (Å²) in [5, 5.41) is 4.34. The molecule has 0 aliphatic heterocycles. The quantitative estimate of drug-likeness (QED) is 0.183. The average molecular weight is 603 g/mol. The Kier molecular flexibility index (Phi) is 6.39. The molecule has 2 heterocycles. The maximum Gasteiger partial charge on any atom is 0.227 e. The van der Waals surface area contributed by atoms with Gasteiger partial charge >= 0.3 is 0 Å². The van der Waals surface area contributed by atoms with Crippen molar-refractivity contribution in [3.63, 3.8) is 0 Å². The highest BCUT2D eigenvalue weighted by molar-refractivity contribution is 6.18. The number of hydrogen-bond donors (Lipinski definition) is 0. The Morgan fingerprint density at radius 1 is 0.362 bits per heavy atom. The maximum absolute atomic E-state index is 6.21. The van der Waals surface area contributed by atoms with E-state index in [1.807, 2.05) is 72.8 Å². The van der Waals surface area contributed by atoms with Crippen molar-refractivity contribution in [2.75, 3.05) is 0 Å². The zero-order valence-corrected chi connectivity index (χ0v) is 25.2. The van der Waals surface area contributed by atoms with Crippen LogP contribution in [0.15, 0.2) is 162 Å². The molecule has 5 heteroatoms. The first-order valence-electron chi connectivity index (χ1n) is 15.6. The number of rotatable bonds is 5. The minimum absolute atomic E-state index is 0.615. The third kappa shape index (κ3) is 4.91. The maximum atomic E-state index is 6.21. The molecule has 0 radical (unpaired) electrons. The van der Waals surface area contributed by atoms with Crippen LogP contribution in [-0.2, 0) is 0 Å². The standard InChI is InChI=1S/C42H26N4O/c1-4-11-27(12-5-1)31-17-10-18-33(25-31)40-44-39(29-13-6-2-7-14-29)45-41(46-40)34-21-23-35-32(26-34)20-19-28-22-24-36-38(37(28)35)43-42(47-36)30-15-8-3-9-16-30/h1-26H. The SMILES string of the molecule is c1ccc(-c2cccc(-c3nc(-c4ccccc4)nc(-c4ccc5c(ccc6ccc7oc(-c8ccccc8)nc7c65)c4)n3)c2)cc1. The van der Waals surface area contributed by atoms with Crippen LogP contribution in [0.3, 0.4) is 0 Å². The van der Waals surface area contributed by atoms with Gasteiger partial charge in [-0.2, -0.15) is 0 Å². The monoisotopic (exact) mass is 602 g/mol. The Balaban J connectivity index is 1.20. The number of aromatic nitrogens is 4. The molecule has 9 aromatic rings. The van der Waals surface area contributed by atoms with Crippen molar-refractivity contribution in [2.45, 2.75) is 0 Å². The fraction of sp³-hybridized carbons (Fsp3) is 0. The molecular formula is C42H26N4O. The first-order chi connectivity index (χ1) is 23.3. The summed E-state index contributed by atoms with van der Waals surface area (Å²) in [5.74, 6) is 2.49. The minimum Gasteiger partial charge on any atom is -0.436 e. The van der Waals surface area contributed by atoms with Gasteiger partial charge in [-0.1, -0.05) is 127 Å². The molecule has 0 atom stereocenters. The lowest BCUT2D eigenvalue weighted by Crippen LogP contribution is -2.00. The lowest BCUT2D eigenvalue weighted by molar-refractivity contribution is 0.620. The summed E-state index contributed by atoms with van der Waals surface area (Å²) in [6, 6.07) is 53.6. The van der Waals surface area contributed by atoms with Crippen LogP contribution in [0.2, 0.25) is 0 Å². The van der Waals surface area contributed by atoms with Gasteiger partial charge in [0, 0.05) is 27.6 Å². The van der Waals surface area contributed by atoms with Crippen molar-refractivity contribution in [1.29, 1.82) is 0 Å². The van der Waals surface area contributed by atoms with Gasteiger partial charge in [-0.15, -0.1) is 0 Å². The van der Waals surface area contributed by atoms with E-state index in [-0.39, 0.29) is 0 Å². The molecule has 0 amide bonds. The van der Waals surface area contributed by atoms with Crippen molar-refractivity contribution in [3.8, 4) is 56.7 Å². The van der Waals surface area contributed by atoms with Crippen LogP contribution in [-0.4, -0.2) is 19.9 Å². The van der Waals surface area contributed by atoms with Gasteiger partial charge in [0.2, 0.25) is 5.89 Å². The molecule has 0 fully saturated rings. The molecule has 0 spiro atoms. The molecule has 7 aromatic carbocycles. The van der Waals surface area contributed by atoms with Crippen LogP contribution < -0.4 is 0 Å². The number of hydrogen-bond acceptors (Lipinski definition) is 5. The molecule has 220 valence electrons. The predicted molar refractivity (Wildman–Crippen MR) is 190 cm³/mol. The van der Waals surface area contributed by atoms with E-state index < -0.39 is 0 Å². The highest BCUT2D eigenvalue weighted by Gasteiger charge is 2.16. The van der Waals surface area contributed by atoms with E-state index in [4.69, 9.17) is 24.4 Å². The van der Waals surface area contributed by atoms with Crippen molar-refractivity contribution >= 4 is 32.6 Å². The molecule has 0 unspecified atom stereocenters.